The Morgan fingerprint density at radius 2 is 1.48 bits per heavy atom. The van der Waals surface area contributed by atoms with Crippen molar-refractivity contribution in [1.29, 1.82) is 0 Å². The molecule has 0 saturated heterocycles. The number of nitrogens with one attached hydrogen (secondary N) is 1. The average Bonchev–Trinajstić information content (AvgIpc) is 2.73. The molecule has 0 saturated carbocycles. The van der Waals surface area contributed by atoms with Crippen LogP contribution in [0, 0.1) is 10.1 Å². The van der Waals surface area contributed by atoms with E-state index in [4.69, 9.17) is 0 Å². The molecule has 0 spiro atoms. The lowest BCUT2D eigenvalue weighted by atomic mass is 10.1. The van der Waals surface area contributed by atoms with Crippen LogP contribution in [0.25, 0.3) is 0 Å². The van der Waals surface area contributed by atoms with Crippen LogP contribution in [0.2, 0.25) is 0 Å². The molecule has 1 N–H and O–H groups in total. The van der Waals surface area contributed by atoms with Crippen molar-refractivity contribution in [2.24, 2.45) is 0 Å². The van der Waals surface area contributed by atoms with E-state index in [0.717, 1.165) is 54.6 Å². The van der Waals surface area contributed by atoms with Gasteiger partial charge in [-0.1, -0.05) is 24.3 Å². The molecule has 0 aliphatic rings. The van der Waals surface area contributed by atoms with Crippen LogP contribution in [0.3, 0.4) is 0 Å². The van der Waals surface area contributed by atoms with Crippen molar-refractivity contribution in [1.82, 2.24) is 0 Å². The van der Waals surface area contributed by atoms with Gasteiger partial charge in [-0.15, -0.1) is 0 Å². The fourth-order valence-corrected chi connectivity index (χ4v) is 4.25. The lowest BCUT2D eigenvalue weighted by Crippen LogP contribution is -2.19. The second-order valence-corrected chi connectivity index (χ2v) is 8.17. The highest BCUT2D eigenvalue weighted by atomic mass is 32.2. The molecule has 0 aromatic heterocycles. The van der Waals surface area contributed by atoms with Crippen LogP contribution in [0.4, 0.5) is 24.5 Å². The smallest absolute Gasteiger partial charge is 0.321 e. The monoisotopic (exact) mass is 450 g/mol. The maximum Gasteiger partial charge on any atom is 0.418 e. The zero-order valence-corrected chi connectivity index (χ0v) is 16.3. The molecule has 0 aliphatic heterocycles. The van der Waals surface area contributed by atoms with E-state index in [1.807, 2.05) is 0 Å². The number of nitrogens with zero attached hydrogens (tertiary/aromatic N) is 1. The Bertz CT molecular complexity index is 1260. The largest absolute Gasteiger partial charge is 0.418 e. The molecule has 0 heterocycles. The lowest BCUT2D eigenvalue weighted by molar-refractivity contribution is -0.384. The van der Waals surface area contributed by atoms with Crippen LogP contribution >= 0.6 is 0 Å². The van der Waals surface area contributed by atoms with Crippen molar-refractivity contribution in [3.63, 3.8) is 0 Å². The third-order valence-corrected chi connectivity index (χ3v) is 6.09. The van der Waals surface area contributed by atoms with E-state index in [0.29, 0.717) is 0 Å². The zero-order valence-electron chi connectivity index (χ0n) is 15.5. The number of halogens is 3. The number of alkyl halides is 3. The number of amides is 1. The number of para-hydroxylation sites is 1. The van der Waals surface area contributed by atoms with Crippen molar-refractivity contribution >= 4 is 27.1 Å². The van der Waals surface area contributed by atoms with E-state index in [1.165, 1.54) is 18.2 Å². The van der Waals surface area contributed by atoms with Crippen molar-refractivity contribution in [3.8, 4) is 0 Å². The fourth-order valence-electron chi connectivity index (χ4n) is 2.79. The van der Waals surface area contributed by atoms with Crippen molar-refractivity contribution < 1.29 is 31.3 Å². The highest BCUT2D eigenvalue weighted by molar-refractivity contribution is 7.91. The van der Waals surface area contributed by atoms with E-state index in [2.05, 4.69) is 5.32 Å². The summed E-state index contributed by atoms with van der Waals surface area (Å²) in [6.45, 7) is 0. The number of sulfone groups is 1. The second-order valence-electron chi connectivity index (χ2n) is 6.25. The molecule has 0 bridgehead atoms. The van der Waals surface area contributed by atoms with E-state index in [9.17, 15) is 36.5 Å². The first-order valence-corrected chi connectivity index (χ1v) is 10.1. The zero-order chi connectivity index (χ0) is 22.8. The summed E-state index contributed by atoms with van der Waals surface area (Å²) in [6, 6.07) is 13.3. The minimum Gasteiger partial charge on any atom is -0.321 e. The first kappa shape index (κ1) is 22.0. The Hall–Kier alpha value is -3.73. The quantitative estimate of drug-likeness (QED) is 0.448. The molecule has 0 radical (unpaired) electrons. The summed E-state index contributed by atoms with van der Waals surface area (Å²) in [4.78, 5) is 22.0. The van der Waals surface area contributed by atoms with Crippen LogP contribution in [0.15, 0.2) is 82.6 Å². The molecule has 0 fully saturated rings. The molecule has 3 aromatic carbocycles. The maximum atomic E-state index is 13.2. The number of nitro groups is 1. The number of non-ortho nitro benzene ring substituents is 1. The Kier molecular flexibility index (Phi) is 5.80. The molecule has 1 amide bonds. The fraction of sp³-hybridized carbons (Fsp3) is 0.0500. The number of benzene rings is 3. The normalized spacial score (nSPS) is 11.7. The van der Waals surface area contributed by atoms with Crippen molar-refractivity contribution in [3.05, 3.63) is 94.0 Å². The predicted molar refractivity (Wildman–Crippen MR) is 104 cm³/mol. The highest BCUT2D eigenvalue weighted by Gasteiger charge is 2.34. The van der Waals surface area contributed by atoms with Crippen LogP contribution in [-0.4, -0.2) is 19.2 Å². The molecule has 0 unspecified atom stereocenters. The topological polar surface area (TPSA) is 106 Å². The molecule has 0 aliphatic carbocycles. The van der Waals surface area contributed by atoms with E-state index < -0.39 is 43.0 Å². The molecule has 0 atom stereocenters. The summed E-state index contributed by atoms with van der Waals surface area (Å²) in [5, 5.41) is 12.9. The summed E-state index contributed by atoms with van der Waals surface area (Å²) in [5.41, 5.74) is -2.31. The molecule has 7 nitrogen and oxygen atoms in total. The van der Waals surface area contributed by atoms with Gasteiger partial charge in [0.15, 0.2) is 0 Å². The minimum atomic E-state index is -4.73. The van der Waals surface area contributed by atoms with Gasteiger partial charge in [0.25, 0.3) is 11.6 Å². The summed E-state index contributed by atoms with van der Waals surface area (Å²) < 4.78 is 65.5. The molecular weight excluding hydrogens is 437 g/mol. The van der Waals surface area contributed by atoms with E-state index in [1.54, 1.807) is 0 Å². The number of carbonyl (C=O) groups is 1. The lowest BCUT2D eigenvalue weighted by Gasteiger charge is -2.15. The predicted octanol–water partition coefficient (Wildman–Crippen LogP) is 4.70. The molecular formula is C20H13F3N2O5S. The molecule has 3 aromatic rings. The third-order valence-electron chi connectivity index (χ3n) is 4.26. The van der Waals surface area contributed by atoms with Gasteiger partial charge in [-0.05, 0) is 36.4 Å². The number of hydrogen-bond acceptors (Lipinski definition) is 5. The summed E-state index contributed by atoms with van der Waals surface area (Å²) in [7, 11) is -4.29. The van der Waals surface area contributed by atoms with Gasteiger partial charge in [0.2, 0.25) is 9.84 Å². The second kappa shape index (κ2) is 8.19. The summed E-state index contributed by atoms with van der Waals surface area (Å²) in [6.07, 6.45) is -4.73. The Balaban J connectivity index is 2.01. The molecule has 31 heavy (non-hydrogen) atoms. The average molecular weight is 450 g/mol. The Labute approximate surface area is 174 Å². The summed E-state index contributed by atoms with van der Waals surface area (Å²) >= 11 is 0. The van der Waals surface area contributed by atoms with Gasteiger partial charge in [0.05, 0.1) is 31.5 Å². The Morgan fingerprint density at radius 3 is 2.10 bits per heavy atom. The molecule has 11 heteroatoms. The van der Waals surface area contributed by atoms with Gasteiger partial charge in [-0.3, -0.25) is 14.9 Å². The van der Waals surface area contributed by atoms with Gasteiger partial charge in [0, 0.05) is 12.1 Å². The number of nitro benzene ring substituents is 1. The number of hydrogen-bond donors (Lipinski definition) is 1. The van der Waals surface area contributed by atoms with Crippen molar-refractivity contribution in [2.45, 2.75) is 16.0 Å². The Morgan fingerprint density at radius 1 is 0.903 bits per heavy atom. The van der Waals surface area contributed by atoms with Crippen LogP contribution in [0.1, 0.15) is 15.9 Å². The van der Waals surface area contributed by atoms with Crippen molar-refractivity contribution in [2.75, 3.05) is 5.32 Å². The third kappa shape index (κ3) is 4.56. The van der Waals surface area contributed by atoms with Crippen LogP contribution in [0.5, 0.6) is 0 Å². The van der Waals surface area contributed by atoms with Crippen LogP contribution in [-0.2, 0) is 16.0 Å². The molecule has 3 rings (SSSR count). The first-order valence-electron chi connectivity index (χ1n) is 8.58. The highest BCUT2D eigenvalue weighted by Crippen LogP contribution is 2.35. The van der Waals surface area contributed by atoms with E-state index in [-0.39, 0.29) is 16.1 Å². The minimum absolute atomic E-state index is 0.311. The van der Waals surface area contributed by atoms with Gasteiger partial charge in [-0.2, -0.15) is 13.2 Å². The van der Waals surface area contributed by atoms with Gasteiger partial charge < -0.3 is 5.32 Å². The maximum absolute atomic E-state index is 13.2. The molecule has 160 valence electrons. The number of anilines is 1. The first-order chi connectivity index (χ1) is 14.5. The SMILES string of the molecule is O=C(Nc1ccccc1C(F)(F)F)c1ccccc1S(=O)(=O)c1ccc([N+](=O)[O-])cc1. The number of carbonyl (C=O) groups excluding carboxylic acids is 1. The van der Waals surface area contributed by atoms with Gasteiger partial charge in [-0.25, -0.2) is 8.42 Å². The van der Waals surface area contributed by atoms with E-state index >= 15 is 0 Å². The van der Waals surface area contributed by atoms with Gasteiger partial charge >= 0.3 is 6.18 Å². The number of rotatable bonds is 5. The van der Waals surface area contributed by atoms with Crippen LogP contribution < -0.4 is 5.32 Å². The summed E-state index contributed by atoms with van der Waals surface area (Å²) in [5.74, 6) is -1.06. The standard InChI is InChI=1S/C20H13F3N2O5S/c21-20(22,23)16-6-2-3-7-17(16)24-19(26)15-5-1-4-8-18(15)31(29,30)14-11-9-13(10-12-14)25(27)28/h1-12H,(H,24,26). The van der Waals surface area contributed by atoms with Gasteiger partial charge in [0.1, 0.15) is 0 Å².